The summed E-state index contributed by atoms with van der Waals surface area (Å²) < 4.78 is 13.1. The number of hydrogen-bond donors (Lipinski definition) is 1. The monoisotopic (exact) mass is 261 g/mol. The summed E-state index contributed by atoms with van der Waals surface area (Å²) in [6, 6.07) is 1.44. The summed E-state index contributed by atoms with van der Waals surface area (Å²) in [5, 5.41) is 3.91. The molecule has 5 heteroatoms. The van der Waals surface area contributed by atoms with Crippen LogP contribution in [0.3, 0.4) is 0 Å². The Morgan fingerprint density at radius 3 is 3.06 bits per heavy atom. The van der Waals surface area contributed by atoms with Crippen molar-refractivity contribution in [2.45, 2.75) is 6.92 Å². The molecule has 0 amide bonds. The Balaban J connectivity index is 2.23. The van der Waals surface area contributed by atoms with Crippen molar-refractivity contribution in [3.63, 3.8) is 0 Å². The topological polar surface area (TPSA) is 37.3 Å². The number of halogens is 1. The Morgan fingerprint density at radius 1 is 1.56 bits per heavy atom. The summed E-state index contributed by atoms with van der Waals surface area (Å²) in [5.74, 6) is 2.92. The number of hydrogen-bond acceptors (Lipinski definition) is 4. The van der Waals surface area contributed by atoms with E-state index in [1.807, 2.05) is 6.92 Å². The number of terminal acetylenes is 1. The number of rotatable bonds is 3. The molecule has 0 aliphatic carbocycles. The van der Waals surface area contributed by atoms with Crippen LogP contribution in [0.4, 0.5) is 4.39 Å². The van der Waals surface area contributed by atoms with Gasteiger partial charge in [0.05, 0.1) is 18.4 Å². The lowest BCUT2D eigenvalue weighted by molar-refractivity contribution is 0.621. The molecule has 18 heavy (non-hydrogen) atoms. The Morgan fingerprint density at radius 2 is 2.39 bits per heavy atom. The molecule has 0 unspecified atom stereocenters. The maximum Gasteiger partial charge on any atom is 0.142 e. The molecular weight excluding hydrogens is 249 g/mol. The average Bonchev–Trinajstić information content (AvgIpc) is 2.37. The zero-order valence-corrected chi connectivity index (χ0v) is 10.7. The van der Waals surface area contributed by atoms with Gasteiger partial charge in [-0.1, -0.05) is 17.7 Å². The van der Waals surface area contributed by atoms with Crippen molar-refractivity contribution in [1.82, 2.24) is 10.3 Å². The maximum atomic E-state index is 13.1. The van der Waals surface area contributed by atoms with Crippen LogP contribution in [0.2, 0.25) is 0 Å². The zero-order chi connectivity index (χ0) is 13.0. The molecule has 0 radical (unpaired) electrons. The van der Waals surface area contributed by atoms with E-state index in [0.29, 0.717) is 12.1 Å². The first-order chi connectivity index (χ1) is 8.70. The first kappa shape index (κ1) is 12.7. The molecule has 0 atom stereocenters. The molecule has 1 aromatic heterocycles. The second-order valence-corrected chi connectivity index (χ2v) is 4.68. The van der Waals surface area contributed by atoms with Crippen LogP contribution in [0.25, 0.3) is 0 Å². The Bertz CT molecular complexity index is 558. The first-order valence-corrected chi connectivity index (χ1v) is 6.39. The van der Waals surface area contributed by atoms with Crippen molar-refractivity contribution >= 4 is 16.8 Å². The molecule has 92 valence electrons. The molecule has 0 fully saturated rings. The van der Waals surface area contributed by atoms with Gasteiger partial charge < -0.3 is 5.32 Å². The minimum absolute atomic E-state index is 0.353. The summed E-state index contributed by atoms with van der Waals surface area (Å²) in [6.45, 7) is 2.39. The van der Waals surface area contributed by atoms with Crippen LogP contribution in [0.15, 0.2) is 34.8 Å². The average molecular weight is 261 g/mol. The zero-order valence-electron chi connectivity index (χ0n) is 9.90. The lowest BCUT2D eigenvalue weighted by Crippen LogP contribution is -2.20. The van der Waals surface area contributed by atoms with Crippen molar-refractivity contribution in [2.24, 2.45) is 4.99 Å². The number of nitrogens with one attached hydrogen (secondary N) is 1. The summed E-state index contributed by atoms with van der Waals surface area (Å²) in [5.41, 5.74) is 2.60. The fourth-order valence-corrected chi connectivity index (χ4v) is 2.58. The number of thioether (sulfide) groups is 1. The van der Waals surface area contributed by atoms with Crippen molar-refractivity contribution in [3.8, 4) is 12.3 Å². The summed E-state index contributed by atoms with van der Waals surface area (Å²) in [7, 11) is 0. The van der Waals surface area contributed by atoms with E-state index >= 15 is 0 Å². The lowest BCUT2D eigenvalue weighted by atomic mass is 10.3. The summed E-state index contributed by atoms with van der Waals surface area (Å²) in [4.78, 5) is 8.28. The number of aromatic nitrogens is 1. The van der Waals surface area contributed by atoms with Gasteiger partial charge in [0.25, 0.3) is 0 Å². The highest BCUT2D eigenvalue weighted by molar-refractivity contribution is 8.14. The van der Waals surface area contributed by atoms with Crippen LogP contribution in [0.5, 0.6) is 0 Å². The van der Waals surface area contributed by atoms with Gasteiger partial charge >= 0.3 is 0 Å². The van der Waals surface area contributed by atoms with E-state index < -0.39 is 0 Å². The molecule has 1 N–H and O–H groups in total. The normalized spacial score (nSPS) is 15.1. The van der Waals surface area contributed by atoms with Crippen LogP contribution < -0.4 is 5.32 Å². The van der Waals surface area contributed by atoms with Crippen LogP contribution >= 0.6 is 11.8 Å². The number of allylic oxidation sites excluding steroid dienone is 1. The van der Waals surface area contributed by atoms with Gasteiger partial charge in [0, 0.05) is 23.2 Å². The second kappa shape index (κ2) is 5.69. The van der Waals surface area contributed by atoms with Gasteiger partial charge in [0.1, 0.15) is 10.9 Å². The van der Waals surface area contributed by atoms with Gasteiger partial charge in [-0.2, -0.15) is 0 Å². The number of aliphatic imine (C=N–C) groups is 1. The molecule has 0 bridgehead atoms. The van der Waals surface area contributed by atoms with E-state index in [-0.39, 0.29) is 5.82 Å². The minimum atomic E-state index is -0.353. The largest absolute Gasteiger partial charge is 0.375 e. The van der Waals surface area contributed by atoms with Gasteiger partial charge in [-0.25, -0.2) is 9.38 Å². The quantitative estimate of drug-likeness (QED) is 0.847. The summed E-state index contributed by atoms with van der Waals surface area (Å²) in [6.07, 6.45) is 7.99. The Kier molecular flexibility index (Phi) is 4.00. The number of nitrogens with zero attached hydrogens (tertiary/aromatic N) is 2. The van der Waals surface area contributed by atoms with Crippen LogP contribution in [-0.2, 0) is 0 Å². The Hall–Kier alpha value is -1.80. The summed E-state index contributed by atoms with van der Waals surface area (Å²) >= 11 is 1.54. The molecule has 1 aliphatic rings. The third-order valence-electron chi connectivity index (χ3n) is 2.41. The molecule has 3 nitrogen and oxygen atoms in total. The molecular formula is C13H12FN3S. The molecule has 2 rings (SSSR count). The fourth-order valence-electron chi connectivity index (χ4n) is 1.51. The molecule has 0 saturated carbocycles. The maximum absolute atomic E-state index is 13.1. The smallest absolute Gasteiger partial charge is 0.142 e. The SMILES string of the molecule is C#CCNC1=C(C)N=C(c2cncc(F)c2)SC1. The third-order valence-corrected chi connectivity index (χ3v) is 3.45. The molecule has 1 aromatic rings. The highest BCUT2D eigenvalue weighted by Crippen LogP contribution is 2.24. The van der Waals surface area contributed by atoms with Crippen molar-refractivity contribution in [3.05, 3.63) is 41.2 Å². The number of pyridine rings is 1. The van der Waals surface area contributed by atoms with Gasteiger partial charge in [0.2, 0.25) is 0 Å². The highest BCUT2D eigenvalue weighted by Gasteiger charge is 2.14. The third kappa shape index (κ3) is 2.90. The van der Waals surface area contributed by atoms with Crippen molar-refractivity contribution < 1.29 is 4.39 Å². The second-order valence-electron chi connectivity index (χ2n) is 3.72. The van der Waals surface area contributed by atoms with E-state index in [1.54, 1.807) is 18.0 Å². The molecule has 0 aromatic carbocycles. The van der Waals surface area contributed by atoms with Gasteiger partial charge in [-0.15, -0.1) is 6.42 Å². The van der Waals surface area contributed by atoms with Crippen LogP contribution in [0, 0.1) is 18.2 Å². The molecule has 0 spiro atoms. The fraction of sp³-hybridized carbons (Fsp3) is 0.231. The minimum Gasteiger partial charge on any atom is -0.375 e. The van der Waals surface area contributed by atoms with Crippen LogP contribution in [-0.4, -0.2) is 22.3 Å². The van der Waals surface area contributed by atoms with Crippen LogP contribution in [0.1, 0.15) is 12.5 Å². The van der Waals surface area contributed by atoms with E-state index in [9.17, 15) is 4.39 Å². The predicted octanol–water partition coefficient (Wildman–Crippen LogP) is 2.17. The Labute approximate surface area is 110 Å². The predicted molar refractivity (Wildman–Crippen MR) is 72.7 cm³/mol. The lowest BCUT2D eigenvalue weighted by Gasteiger charge is -2.17. The van der Waals surface area contributed by atoms with E-state index in [0.717, 1.165) is 22.2 Å². The molecule has 0 saturated heterocycles. The van der Waals surface area contributed by atoms with E-state index in [1.165, 1.54) is 12.3 Å². The standard InChI is InChI=1S/C13H12FN3S/c1-3-4-16-12-8-18-13(17-9(12)2)10-5-11(14)7-15-6-10/h1,5-7,16H,4,8H2,2H3. The van der Waals surface area contributed by atoms with Gasteiger partial charge in [-0.05, 0) is 13.0 Å². The first-order valence-electron chi connectivity index (χ1n) is 5.40. The molecule has 2 heterocycles. The van der Waals surface area contributed by atoms with Gasteiger partial charge in [-0.3, -0.25) is 4.98 Å². The van der Waals surface area contributed by atoms with E-state index in [2.05, 4.69) is 21.2 Å². The van der Waals surface area contributed by atoms with Crippen molar-refractivity contribution in [2.75, 3.05) is 12.3 Å². The van der Waals surface area contributed by atoms with E-state index in [4.69, 9.17) is 6.42 Å². The van der Waals surface area contributed by atoms with Gasteiger partial charge in [0.15, 0.2) is 0 Å². The highest BCUT2D eigenvalue weighted by atomic mass is 32.2. The molecule has 1 aliphatic heterocycles. The van der Waals surface area contributed by atoms with Crippen molar-refractivity contribution in [1.29, 1.82) is 0 Å².